The number of hydrogen-bond acceptors (Lipinski definition) is 5. The van der Waals surface area contributed by atoms with Crippen molar-refractivity contribution >= 4 is 23.5 Å². The molecular weight excluding hydrogens is 330 g/mol. The first kappa shape index (κ1) is 17.8. The lowest BCUT2D eigenvalue weighted by molar-refractivity contribution is -0.146. The summed E-state index contributed by atoms with van der Waals surface area (Å²) in [5.74, 6) is 0.197. The first-order chi connectivity index (χ1) is 12.5. The largest absolute Gasteiger partial charge is 0.338 e. The van der Waals surface area contributed by atoms with Gasteiger partial charge in [-0.2, -0.15) is 0 Å². The summed E-state index contributed by atoms with van der Waals surface area (Å²) < 4.78 is 0. The number of amides is 2. The third-order valence-corrected chi connectivity index (χ3v) is 4.54. The molecule has 1 N–H and O–H groups in total. The lowest BCUT2D eigenvalue weighted by Crippen LogP contribution is -2.54. The van der Waals surface area contributed by atoms with E-state index in [4.69, 9.17) is 0 Å². The molecule has 0 saturated carbocycles. The van der Waals surface area contributed by atoms with E-state index < -0.39 is 5.41 Å². The van der Waals surface area contributed by atoms with Crippen LogP contribution in [0.2, 0.25) is 0 Å². The second-order valence-corrected chi connectivity index (χ2v) is 6.77. The average molecular weight is 353 g/mol. The number of carbonyl (C=O) groups excluding carboxylic acids is 2. The second kappa shape index (κ2) is 7.51. The van der Waals surface area contributed by atoms with Crippen LogP contribution in [0.3, 0.4) is 0 Å². The van der Waals surface area contributed by atoms with Crippen molar-refractivity contribution in [3.8, 4) is 0 Å². The molecule has 0 radical (unpaired) electrons. The van der Waals surface area contributed by atoms with Crippen molar-refractivity contribution in [3.05, 3.63) is 48.8 Å². The van der Waals surface area contributed by atoms with Gasteiger partial charge in [0.2, 0.25) is 17.8 Å². The van der Waals surface area contributed by atoms with Crippen molar-refractivity contribution in [2.75, 3.05) is 36.4 Å². The second-order valence-electron chi connectivity index (χ2n) is 6.77. The number of piperazine rings is 1. The van der Waals surface area contributed by atoms with Gasteiger partial charge in [0.25, 0.3) is 0 Å². The summed E-state index contributed by atoms with van der Waals surface area (Å²) in [6.07, 6.45) is 3.41. The number of nitrogens with one attached hydrogen (secondary N) is 1. The average Bonchev–Trinajstić information content (AvgIpc) is 2.69. The van der Waals surface area contributed by atoms with E-state index in [9.17, 15) is 9.59 Å². The van der Waals surface area contributed by atoms with Gasteiger partial charge in [-0.1, -0.05) is 18.2 Å². The zero-order valence-electron chi connectivity index (χ0n) is 15.1. The van der Waals surface area contributed by atoms with Crippen LogP contribution in [0, 0.1) is 5.41 Å². The fraction of sp³-hybridized carbons (Fsp3) is 0.368. The number of carbonyl (C=O) groups is 2. The molecule has 3 rings (SSSR count). The molecule has 0 aliphatic carbocycles. The molecule has 2 aromatic rings. The van der Waals surface area contributed by atoms with Gasteiger partial charge in [0.05, 0.1) is 0 Å². The van der Waals surface area contributed by atoms with Crippen LogP contribution in [-0.4, -0.2) is 52.9 Å². The van der Waals surface area contributed by atoms with Crippen molar-refractivity contribution in [2.45, 2.75) is 13.8 Å². The van der Waals surface area contributed by atoms with Gasteiger partial charge in [-0.05, 0) is 32.0 Å². The molecule has 7 nitrogen and oxygen atoms in total. The molecule has 1 fully saturated rings. The first-order valence-corrected chi connectivity index (χ1v) is 8.66. The number of benzene rings is 1. The van der Waals surface area contributed by atoms with E-state index in [1.807, 2.05) is 23.1 Å². The summed E-state index contributed by atoms with van der Waals surface area (Å²) in [6.45, 7) is 5.71. The molecule has 1 aliphatic rings. The zero-order chi connectivity index (χ0) is 18.6. The van der Waals surface area contributed by atoms with E-state index >= 15 is 0 Å². The summed E-state index contributed by atoms with van der Waals surface area (Å²) in [6, 6.07) is 10.9. The summed E-state index contributed by atoms with van der Waals surface area (Å²) in [7, 11) is 0. The van der Waals surface area contributed by atoms with Crippen LogP contribution < -0.4 is 10.2 Å². The minimum absolute atomic E-state index is 0.167. The SMILES string of the molecule is CC(C)(C(=O)Nc1ccccc1)C(=O)N1CCN(c2ncccn2)CC1. The molecule has 2 amide bonds. The normalized spacial score (nSPS) is 14.8. The highest BCUT2D eigenvalue weighted by Gasteiger charge is 2.40. The van der Waals surface area contributed by atoms with Crippen LogP contribution in [0.25, 0.3) is 0 Å². The van der Waals surface area contributed by atoms with Gasteiger partial charge in [-0.25, -0.2) is 9.97 Å². The van der Waals surface area contributed by atoms with E-state index in [-0.39, 0.29) is 11.8 Å². The minimum Gasteiger partial charge on any atom is -0.338 e. The van der Waals surface area contributed by atoms with Crippen molar-refractivity contribution in [3.63, 3.8) is 0 Å². The topological polar surface area (TPSA) is 78.4 Å². The van der Waals surface area contributed by atoms with Gasteiger partial charge >= 0.3 is 0 Å². The predicted octanol–water partition coefficient (Wildman–Crippen LogP) is 1.79. The van der Waals surface area contributed by atoms with Crippen LogP contribution in [0.4, 0.5) is 11.6 Å². The predicted molar refractivity (Wildman–Crippen MR) is 99.7 cm³/mol. The summed E-state index contributed by atoms with van der Waals surface area (Å²) in [5, 5.41) is 2.82. The Morgan fingerprint density at radius 2 is 1.58 bits per heavy atom. The van der Waals surface area contributed by atoms with Crippen LogP contribution in [0.5, 0.6) is 0 Å². The van der Waals surface area contributed by atoms with Crippen molar-refractivity contribution in [2.24, 2.45) is 5.41 Å². The number of para-hydroxylation sites is 1. The van der Waals surface area contributed by atoms with Crippen LogP contribution in [0.1, 0.15) is 13.8 Å². The Labute approximate surface area is 153 Å². The summed E-state index contributed by atoms with van der Waals surface area (Å²) in [4.78, 5) is 37.8. The van der Waals surface area contributed by atoms with Crippen molar-refractivity contribution < 1.29 is 9.59 Å². The third-order valence-electron chi connectivity index (χ3n) is 4.54. The van der Waals surface area contributed by atoms with Crippen LogP contribution >= 0.6 is 0 Å². The Morgan fingerprint density at radius 1 is 0.962 bits per heavy atom. The van der Waals surface area contributed by atoms with E-state index in [0.29, 0.717) is 37.8 Å². The lowest BCUT2D eigenvalue weighted by Gasteiger charge is -2.38. The van der Waals surface area contributed by atoms with Gasteiger partial charge < -0.3 is 15.1 Å². The maximum absolute atomic E-state index is 12.9. The molecule has 0 bridgehead atoms. The van der Waals surface area contributed by atoms with Crippen molar-refractivity contribution in [1.82, 2.24) is 14.9 Å². The smallest absolute Gasteiger partial charge is 0.239 e. The van der Waals surface area contributed by atoms with Gasteiger partial charge in [-0.15, -0.1) is 0 Å². The zero-order valence-corrected chi connectivity index (χ0v) is 15.1. The molecule has 2 heterocycles. The molecule has 1 saturated heterocycles. The highest BCUT2D eigenvalue weighted by molar-refractivity contribution is 6.09. The summed E-state index contributed by atoms with van der Waals surface area (Å²) in [5.41, 5.74) is -0.453. The Morgan fingerprint density at radius 3 is 2.19 bits per heavy atom. The quantitative estimate of drug-likeness (QED) is 0.848. The van der Waals surface area contributed by atoms with Gasteiger partial charge in [0, 0.05) is 44.3 Å². The minimum atomic E-state index is -1.14. The number of nitrogens with zero attached hydrogens (tertiary/aromatic N) is 4. The lowest BCUT2D eigenvalue weighted by atomic mass is 9.89. The number of hydrogen-bond donors (Lipinski definition) is 1. The van der Waals surface area contributed by atoms with E-state index in [1.54, 1.807) is 49.3 Å². The molecule has 1 aromatic carbocycles. The Bertz CT molecular complexity index is 756. The highest BCUT2D eigenvalue weighted by atomic mass is 16.2. The number of aromatic nitrogens is 2. The van der Waals surface area contributed by atoms with Gasteiger partial charge in [0.15, 0.2) is 0 Å². The third kappa shape index (κ3) is 3.82. The van der Waals surface area contributed by atoms with E-state index in [2.05, 4.69) is 15.3 Å². The maximum atomic E-state index is 12.9. The van der Waals surface area contributed by atoms with E-state index in [0.717, 1.165) is 0 Å². The molecular formula is C19H23N5O2. The van der Waals surface area contributed by atoms with Crippen LogP contribution in [0.15, 0.2) is 48.8 Å². The van der Waals surface area contributed by atoms with E-state index in [1.165, 1.54) is 0 Å². The molecule has 0 spiro atoms. The van der Waals surface area contributed by atoms with Crippen LogP contribution in [-0.2, 0) is 9.59 Å². The fourth-order valence-corrected chi connectivity index (χ4v) is 2.87. The maximum Gasteiger partial charge on any atom is 0.239 e. The highest BCUT2D eigenvalue weighted by Crippen LogP contribution is 2.23. The Balaban J connectivity index is 1.60. The molecule has 7 heteroatoms. The van der Waals surface area contributed by atoms with Crippen molar-refractivity contribution in [1.29, 1.82) is 0 Å². The molecule has 1 aromatic heterocycles. The number of rotatable bonds is 4. The molecule has 0 atom stereocenters. The van der Waals surface area contributed by atoms with Gasteiger partial charge in [-0.3, -0.25) is 9.59 Å². The number of anilines is 2. The molecule has 136 valence electrons. The monoisotopic (exact) mass is 353 g/mol. The molecule has 1 aliphatic heterocycles. The van der Waals surface area contributed by atoms with Gasteiger partial charge in [0.1, 0.15) is 5.41 Å². The standard InChI is InChI=1S/C19H23N5O2/c1-19(2,16(25)22-15-7-4-3-5-8-15)17(26)23-11-13-24(14-12-23)18-20-9-6-10-21-18/h3-10H,11-14H2,1-2H3,(H,22,25). The fourth-order valence-electron chi connectivity index (χ4n) is 2.87. The molecule has 26 heavy (non-hydrogen) atoms. The Kier molecular flexibility index (Phi) is 5.16. The Hall–Kier alpha value is -2.96. The first-order valence-electron chi connectivity index (χ1n) is 8.66. The summed E-state index contributed by atoms with van der Waals surface area (Å²) >= 11 is 0. The molecule has 0 unspecified atom stereocenters.